The van der Waals surface area contributed by atoms with E-state index in [0.717, 1.165) is 25.7 Å². The van der Waals surface area contributed by atoms with Crippen molar-refractivity contribution >= 4 is 5.78 Å². The summed E-state index contributed by atoms with van der Waals surface area (Å²) in [5, 5.41) is 10.8. The van der Waals surface area contributed by atoms with Gasteiger partial charge in [0, 0.05) is 17.8 Å². The van der Waals surface area contributed by atoms with E-state index in [2.05, 4.69) is 32.9 Å². The number of hydrogen-bond acceptors (Lipinski definition) is 2. The SMILES string of the molecule is C[C@@H]1C=C[C@H]2[C@@H]3CCC4=CC(=O)CC[C@]4(C)[C@H]3CC[C@]2(C)[C@H]1O. The molecule has 0 unspecified atom stereocenters. The molecule has 0 bridgehead atoms. The molecule has 0 aromatic rings. The Morgan fingerprint density at radius 1 is 1.13 bits per heavy atom. The highest BCUT2D eigenvalue weighted by Crippen LogP contribution is 2.63. The molecule has 7 atom stereocenters. The van der Waals surface area contributed by atoms with Gasteiger partial charge in [-0.15, -0.1) is 0 Å². The second-order valence-electron chi connectivity index (χ2n) is 9.12. The minimum Gasteiger partial charge on any atom is -0.392 e. The van der Waals surface area contributed by atoms with Gasteiger partial charge in [-0.25, -0.2) is 0 Å². The molecule has 0 aromatic carbocycles. The number of carbonyl (C=O) groups excluding carboxylic acids is 1. The lowest BCUT2D eigenvalue weighted by Gasteiger charge is -2.60. The molecular weight excluding hydrogens is 284 g/mol. The molecule has 4 rings (SSSR count). The highest BCUT2D eigenvalue weighted by molar-refractivity contribution is 5.91. The molecule has 0 aromatic heterocycles. The van der Waals surface area contributed by atoms with E-state index in [0.29, 0.717) is 23.5 Å². The maximum absolute atomic E-state index is 11.9. The Balaban J connectivity index is 1.71. The van der Waals surface area contributed by atoms with Gasteiger partial charge in [0.1, 0.15) is 0 Å². The summed E-state index contributed by atoms with van der Waals surface area (Å²) in [6.45, 7) is 6.87. The van der Waals surface area contributed by atoms with Crippen molar-refractivity contribution in [2.75, 3.05) is 0 Å². The molecule has 1 N–H and O–H groups in total. The third-order valence-electron chi connectivity index (χ3n) is 8.05. The van der Waals surface area contributed by atoms with E-state index in [1.54, 1.807) is 0 Å². The Bertz CT molecular complexity index is 589. The molecule has 2 fully saturated rings. The molecule has 0 saturated heterocycles. The molecule has 0 spiro atoms. The van der Waals surface area contributed by atoms with Crippen LogP contribution >= 0.6 is 0 Å². The highest BCUT2D eigenvalue weighted by atomic mass is 16.3. The second-order valence-corrected chi connectivity index (χ2v) is 9.12. The first kappa shape index (κ1) is 15.6. The lowest BCUT2D eigenvalue weighted by atomic mass is 9.45. The molecule has 126 valence electrons. The number of hydrogen-bond donors (Lipinski definition) is 1. The normalized spacial score (nSPS) is 52.3. The molecule has 2 heteroatoms. The number of carbonyl (C=O) groups is 1. The monoisotopic (exact) mass is 314 g/mol. The van der Waals surface area contributed by atoms with Crippen molar-refractivity contribution in [3.8, 4) is 0 Å². The summed E-state index contributed by atoms with van der Waals surface area (Å²) >= 11 is 0. The molecule has 0 aliphatic heterocycles. The van der Waals surface area contributed by atoms with Crippen molar-refractivity contribution < 1.29 is 9.90 Å². The summed E-state index contributed by atoms with van der Waals surface area (Å²) in [4.78, 5) is 11.9. The standard InChI is InChI=1S/C21H30O2/c1-13-4-7-17-16-6-5-14-12-15(22)8-10-20(14,2)18(16)9-11-21(17,3)19(13)23/h4,7,12-13,16-19,23H,5-6,8-11H2,1-3H3/t13-,16+,17+,18+,19+,20+,21+/m1/s1. The molecule has 0 heterocycles. The number of ketones is 1. The van der Waals surface area contributed by atoms with E-state index in [4.69, 9.17) is 0 Å². The van der Waals surface area contributed by atoms with Gasteiger partial charge in [-0.05, 0) is 61.3 Å². The van der Waals surface area contributed by atoms with Crippen LogP contribution in [0.2, 0.25) is 0 Å². The van der Waals surface area contributed by atoms with Crippen molar-refractivity contribution in [2.24, 2.45) is 34.5 Å². The van der Waals surface area contributed by atoms with Crippen LogP contribution < -0.4 is 0 Å². The molecule has 23 heavy (non-hydrogen) atoms. The fourth-order valence-corrected chi connectivity index (χ4v) is 6.54. The highest BCUT2D eigenvalue weighted by Gasteiger charge is 2.57. The van der Waals surface area contributed by atoms with Crippen LogP contribution in [-0.4, -0.2) is 17.0 Å². The summed E-state index contributed by atoms with van der Waals surface area (Å²) in [5.74, 6) is 2.46. The van der Waals surface area contributed by atoms with Gasteiger partial charge in [0.05, 0.1) is 6.10 Å². The molecule has 0 amide bonds. The van der Waals surface area contributed by atoms with Gasteiger partial charge in [0.2, 0.25) is 0 Å². The van der Waals surface area contributed by atoms with E-state index < -0.39 is 0 Å². The summed E-state index contributed by atoms with van der Waals surface area (Å²) in [7, 11) is 0. The van der Waals surface area contributed by atoms with Gasteiger partial charge in [-0.3, -0.25) is 4.79 Å². The third-order valence-corrected chi connectivity index (χ3v) is 8.05. The second kappa shape index (κ2) is 5.05. The third kappa shape index (κ3) is 2.06. The summed E-state index contributed by atoms with van der Waals surface area (Å²) < 4.78 is 0. The van der Waals surface area contributed by atoms with Crippen molar-refractivity contribution in [3.05, 3.63) is 23.8 Å². The van der Waals surface area contributed by atoms with Crippen molar-refractivity contribution in [1.82, 2.24) is 0 Å². The summed E-state index contributed by atoms with van der Waals surface area (Å²) in [6.07, 6.45) is 12.8. The van der Waals surface area contributed by atoms with Gasteiger partial charge < -0.3 is 5.11 Å². The van der Waals surface area contributed by atoms with Crippen molar-refractivity contribution in [1.29, 1.82) is 0 Å². The predicted molar refractivity (Wildman–Crippen MR) is 91.8 cm³/mol. The van der Waals surface area contributed by atoms with Crippen LogP contribution in [0.4, 0.5) is 0 Å². The Morgan fingerprint density at radius 3 is 2.70 bits per heavy atom. The smallest absolute Gasteiger partial charge is 0.155 e. The fourth-order valence-electron chi connectivity index (χ4n) is 6.54. The lowest BCUT2D eigenvalue weighted by Crippen LogP contribution is -2.55. The zero-order valence-corrected chi connectivity index (χ0v) is 14.7. The number of aliphatic hydroxyl groups is 1. The maximum Gasteiger partial charge on any atom is 0.155 e. The Kier molecular flexibility index (Phi) is 3.43. The van der Waals surface area contributed by atoms with Crippen LogP contribution in [0.5, 0.6) is 0 Å². The molecule has 2 saturated carbocycles. The zero-order chi connectivity index (χ0) is 16.4. The summed E-state index contributed by atoms with van der Waals surface area (Å²) in [5.41, 5.74) is 1.68. The van der Waals surface area contributed by atoms with E-state index in [-0.39, 0.29) is 22.9 Å². The molecular formula is C21H30O2. The van der Waals surface area contributed by atoms with Crippen LogP contribution in [0.1, 0.15) is 59.3 Å². The van der Waals surface area contributed by atoms with Gasteiger partial charge in [0.15, 0.2) is 5.78 Å². The number of aliphatic hydroxyl groups excluding tert-OH is 1. The minimum absolute atomic E-state index is 0.0391. The molecule has 4 aliphatic carbocycles. The predicted octanol–water partition coefficient (Wildman–Crippen LogP) is 4.29. The van der Waals surface area contributed by atoms with E-state index in [1.807, 2.05) is 6.08 Å². The Morgan fingerprint density at radius 2 is 1.91 bits per heavy atom. The largest absolute Gasteiger partial charge is 0.392 e. The van der Waals surface area contributed by atoms with E-state index in [9.17, 15) is 9.90 Å². The average Bonchev–Trinajstić information content (AvgIpc) is 2.52. The first-order valence-corrected chi connectivity index (χ1v) is 9.46. The van der Waals surface area contributed by atoms with Gasteiger partial charge in [0.25, 0.3) is 0 Å². The van der Waals surface area contributed by atoms with Crippen molar-refractivity contribution in [3.63, 3.8) is 0 Å². The van der Waals surface area contributed by atoms with Gasteiger partial charge in [-0.1, -0.05) is 38.5 Å². The number of rotatable bonds is 0. The lowest BCUT2D eigenvalue weighted by molar-refractivity contribution is -0.121. The Hall–Kier alpha value is -0.890. The van der Waals surface area contributed by atoms with Crippen molar-refractivity contribution in [2.45, 2.75) is 65.4 Å². The van der Waals surface area contributed by atoms with Crippen LogP contribution in [-0.2, 0) is 4.79 Å². The first-order valence-electron chi connectivity index (χ1n) is 9.46. The van der Waals surface area contributed by atoms with Gasteiger partial charge in [-0.2, -0.15) is 0 Å². The minimum atomic E-state index is -0.212. The fraction of sp³-hybridized carbons (Fsp3) is 0.762. The number of fused-ring (bicyclic) bond motifs is 5. The molecule has 4 aliphatic rings. The van der Waals surface area contributed by atoms with Crippen LogP contribution in [0, 0.1) is 34.5 Å². The quantitative estimate of drug-likeness (QED) is 0.677. The first-order chi connectivity index (χ1) is 10.9. The molecule has 0 radical (unpaired) electrons. The topological polar surface area (TPSA) is 37.3 Å². The summed E-state index contributed by atoms with van der Waals surface area (Å²) in [6, 6.07) is 0. The van der Waals surface area contributed by atoms with Gasteiger partial charge >= 0.3 is 0 Å². The van der Waals surface area contributed by atoms with Crippen LogP contribution in [0.3, 0.4) is 0 Å². The molecule has 2 nitrogen and oxygen atoms in total. The van der Waals surface area contributed by atoms with E-state index in [1.165, 1.54) is 18.4 Å². The number of allylic oxidation sites excluding steroid dienone is 3. The van der Waals surface area contributed by atoms with Crippen LogP contribution in [0.15, 0.2) is 23.8 Å². The van der Waals surface area contributed by atoms with E-state index >= 15 is 0 Å². The average molecular weight is 314 g/mol. The zero-order valence-electron chi connectivity index (χ0n) is 14.7. The van der Waals surface area contributed by atoms with Crippen LogP contribution in [0.25, 0.3) is 0 Å². The Labute approximate surface area is 140 Å². The maximum atomic E-state index is 11.9.